The van der Waals surface area contributed by atoms with Gasteiger partial charge in [0.25, 0.3) is 0 Å². The van der Waals surface area contributed by atoms with E-state index in [1.807, 2.05) is 40.2 Å². The highest BCUT2D eigenvalue weighted by molar-refractivity contribution is 6.31. The quantitative estimate of drug-likeness (QED) is 0.305. The Kier molecular flexibility index (Phi) is 7.04. The molecule has 4 aromatic rings. The van der Waals surface area contributed by atoms with Gasteiger partial charge in [-0.2, -0.15) is 10.1 Å². The Morgan fingerprint density at radius 3 is 2.81 bits per heavy atom. The average molecular weight is 589 g/mol. The number of anilines is 1. The smallest absolute Gasteiger partial charge is 0.335 e. The lowest BCUT2D eigenvalue weighted by Gasteiger charge is -2.30. The molecule has 11 nitrogen and oxygen atoms in total. The average Bonchev–Trinajstić information content (AvgIpc) is 3.61. The highest BCUT2D eigenvalue weighted by Crippen LogP contribution is 2.35. The molecule has 0 radical (unpaired) electrons. The second-order valence-electron chi connectivity index (χ2n) is 10.5. The normalized spacial score (nSPS) is 17.7. The van der Waals surface area contributed by atoms with Gasteiger partial charge < -0.3 is 28.8 Å². The van der Waals surface area contributed by atoms with E-state index in [4.69, 9.17) is 35.8 Å². The van der Waals surface area contributed by atoms with Gasteiger partial charge in [0.05, 0.1) is 48.9 Å². The molecule has 7 rings (SSSR count). The minimum absolute atomic E-state index is 0.101. The number of imidazole rings is 1. The first-order valence-electron chi connectivity index (χ1n) is 13.9. The number of pyridine rings is 1. The zero-order valence-corrected chi connectivity index (χ0v) is 23.5. The Morgan fingerprint density at radius 1 is 1.12 bits per heavy atom. The molecule has 5 heterocycles. The Labute approximate surface area is 246 Å². The Balaban J connectivity index is 1.04. The summed E-state index contributed by atoms with van der Waals surface area (Å²) in [6.45, 7) is 4.15. The molecule has 12 heteroatoms. The number of hydrazone groups is 1. The summed E-state index contributed by atoms with van der Waals surface area (Å²) in [5, 5.41) is 16.8. The number of benzene rings is 2. The van der Waals surface area contributed by atoms with Crippen LogP contribution in [0.15, 0.2) is 53.6 Å². The molecular weight excluding hydrogens is 560 g/mol. The molecule has 1 fully saturated rings. The number of hydrogen-bond acceptors (Lipinski definition) is 9. The first kappa shape index (κ1) is 26.5. The van der Waals surface area contributed by atoms with Crippen LogP contribution in [0, 0.1) is 0 Å². The van der Waals surface area contributed by atoms with Crippen LogP contribution in [0.2, 0.25) is 5.02 Å². The number of rotatable bonds is 9. The standard InChI is InChI=1S/C30H29ClN6O5/c31-23-6-4-20(29-22(23)9-13-41-29)17-42-28-3-1-2-26(34-28)35-10-11-36(32-18-35)16-27-33-24-7-5-19(30(38)39)14-25(24)37(27)15-21-8-12-40-21/h1-7,14,18,21H,8-13,15-17H2,(H,38,39)/t21-/m0/s1. The Morgan fingerprint density at radius 2 is 2.02 bits per heavy atom. The molecule has 0 aliphatic carbocycles. The third-order valence-electron chi connectivity index (χ3n) is 7.79. The molecule has 0 unspecified atom stereocenters. The maximum Gasteiger partial charge on any atom is 0.335 e. The summed E-state index contributed by atoms with van der Waals surface area (Å²) in [5.74, 6) is 1.93. The van der Waals surface area contributed by atoms with Crippen LogP contribution >= 0.6 is 11.6 Å². The molecule has 1 saturated heterocycles. The lowest BCUT2D eigenvalue weighted by atomic mass is 10.1. The maximum atomic E-state index is 11.6. The number of nitrogens with zero attached hydrogens (tertiary/aromatic N) is 6. The molecule has 2 aromatic heterocycles. The van der Waals surface area contributed by atoms with Gasteiger partial charge in [-0.1, -0.05) is 23.7 Å². The third-order valence-corrected chi connectivity index (χ3v) is 8.15. The first-order valence-corrected chi connectivity index (χ1v) is 14.3. The summed E-state index contributed by atoms with van der Waals surface area (Å²) in [6, 6.07) is 14.5. The van der Waals surface area contributed by atoms with E-state index in [1.165, 1.54) is 0 Å². The topological polar surface area (TPSA) is 115 Å². The number of fused-ring (bicyclic) bond motifs is 2. The van der Waals surface area contributed by atoms with Crippen molar-refractivity contribution in [2.24, 2.45) is 5.10 Å². The number of aromatic carboxylic acids is 1. The van der Waals surface area contributed by atoms with E-state index in [2.05, 4.69) is 9.67 Å². The summed E-state index contributed by atoms with van der Waals surface area (Å²) in [7, 11) is 0. The van der Waals surface area contributed by atoms with E-state index in [0.29, 0.717) is 45.3 Å². The highest BCUT2D eigenvalue weighted by atomic mass is 35.5. The number of aromatic nitrogens is 3. The van der Waals surface area contributed by atoms with Gasteiger partial charge >= 0.3 is 5.97 Å². The van der Waals surface area contributed by atoms with Crippen LogP contribution in [0.1, 0.15) is 33.7 Å². The molecule has 3 aliphatic rings. The minimum atomic E-state index is -0.961. The largest absolute Gasteiger partial charge is 0.492 e. The van der Waals surface area contributed by atoms with E-state index in [1.54, 1.807) is 24.5 Å². The van der Waals surface area contributed by atoms with Gasteiger partial charge in [0.2, 0.25) is 5.88 Å². The van der Waals surface area contributed by atoms with Crippen LogP contribution in [0.5, 0.6) is 11.6 Å². The highest BCUT2D eigenvalue weighted by Gasteiger charge is 2.24. The molecular formula is C30H29ClN6O5. The third kappa shape index (κ3) is 5.21. The summed E-state index contributed by atoms with van der Waals surface area (Å²) < 4.78 is 19.5. The van der Waals surface area contributed by atoms with Crippen LogP contribution in [0.3, 0.4) is 0 Å². The monoisotopic (exact) mass is 588 g/mol. The van der Waals surface area contributed by atoms with Gasteiger partial charge in [-0.25, -0.2) is 9.78 Å². The molecule has 3 aliphatic heterocycles. The summed E-state index contributed by atoms with van der Waals surface area (Å²) in [6.07, 6.45) is 3.64. The Hall–Kier alpha value is -4.35. The molecule has 42 heavy (non-hydrogen) atoms. The van der Waals surface area contributed by atoms with Gasteiger partial charge in [0.15, 0.2) is 0 Å². The number of carboxylic acids is 1. The van der Waals surface area contributed by atoms with E-state index in [9.17, 15) is 9.90 Å². The first-order chi connectivity index (χ1) is 20.5. The molecule has 2 aromatic carbocycles. The van der Waals surface area contributed by atoms with Crippen molar-refractivity contribution in [2.45, 2.75) is 38.6 Å². The van der Waals surface area contributed by atoms with Crippen LogP contribution in [0.25, 0.3) is 11.0 Å². The molecule has 0 amide bonds. The van der Waals surface area contributed by atoms with Crippen LogP contribution in [-0.4, -0.2) is 69.4 Å². The van der Waals surface area contributed by atoms with Crippen LogP contribution < -0.4 is 14.4 Å². The maximum absolute atomic E-state index is 11.6. The van der Waals surface area contributed by atoms with Gasteiger partial charge in [0, 0.05) is 41.8 Å². The summed E-state index contributed by atoms with van der Waals surface area (Å²) in [4.78, 5) is 23.1. The fraction of sp³-hybridized carbons (Fsp3) is 0.333. The molecule has 1 N–H and O–H groups in total. The van der Waals surface area contributed by atoms with Crippen molar-refractivity contribution < 1.29 is 24.1 Å². The lowest BCUT2D eigenvalue weighted by molar-refractivity contribution is -0.0592. The van der Waals surface area contributed by atoms with E-state index < -0.39 is 5.97 Å². The number of hydrogen-bond donors (Lipinski definition) is 1. The van der Waals surface area contributed by atoms with Crippen LogP contribution in [0.4, 0.5) is 5.82 Å². The second kappa shape index (κ2) is 11.1. The van der Waals surface area contributed by atoms with Crippen molar-refractivity contribution >= 4 is 40.8 Å². The zero-order valence-electron chi connectivity index (χ0n) is 22.8. The van der Waals surface area contributed by atoms with Gasteiger partial charge in [0.1, 0.15) is 30.3 Å². The van der Waals surface area contributed by atoms with Gasteiger partial charge in [-0.15, -0.1) is 0 Å². The number of carboxylic acid groups (broad SMARTS) is 1. The van der Waals surface area contributed by atoms with Gasteiger partial charge in [-0.3, -0.25) is 5.01 Å². The van der Waals surface area contributed by atoms with E-state index in [0.717, 1.165) is 64.0 Å². The Bertz CT molecular complexity index is 1690. The van der Waals surface area contributed by atoms with Crippen molar-refractivity contribution in [3.05, 3.63) is 76.1 Å². The molecule has 0 bridgehead atoms. The number of ether oxygens (including phenoxy) is 3. The fourth-order valence-corrected chi connectivity index (χ4v) is 5.67. The molecule has 0 spiro atoms. The minimum Gasteiger partial charge on any atom is -0.492 e. The summed E-state index contributed by atoms with van der Waals surface area (Å²) >= 11 is 6.31. The van der Waals surface area contributed by atoms with Crippen molar-refractivity contribution in [2.75, 3.05) is 31.2 Å². The zero-order chi connectivity index (χ0) is 28.6. The molecule has 1 atom stereocenters. The lowest BCUT2D eigenvalue weighted by Crippen LogP contribution is -2.38. The van der Waals surface area contributed by atoms with Crippen molar-refractivity contribution in [1.82, 2.24) is 19.5 Å². The summed E-state index contributed by atoms with van der Waals surface area (Å²) in [5.41, 5.74) is 3.77. The second-order valence-corrected chi connectivity index (χ2v) is 10.9. The van der Waals surface area contributed by atoms with E-state index >= 15 is 0 Å². The molecule has 0 saturated carbocycles. The number of carbonyl (C=O) groups is 1. The van der Waals surface area contributed by atoms with Crippen LogP contribution in [-0.2, 0) is 30.9 Å². The van der Waals surface area contributed by atoms with Crippen molar-refractivity contribution in [3.8, 4) is 11.6 Å². The van der Waals surface area contributed by atoms with Gasteiger partial charge in [-0.05, 0) is 36.8 Å². The molecule has 216 valence electrons. The van der Waals surface area contributed by atoms with Crippen molar-refractivity contribution in [1.29, 1.82) is 0 Å². The fourth-order valence-electron chi connectivity index (χ4n) is 5.42. The predicted molar refractivity (Wildman–Crippen MR) is 157 cm³/mol. The predicted octanol–water partition coefficient (Wildman–Crippen LogP) is 4.35. The SMILES string of the molecule is O=C(O)c1ccc2nc(CN3CCN(c4cccc(OCc5ccc(Cl)c6c5OCC6)n4)C=N3)n(C[C@@H]3CCO3)c2c1. The number of halogens is 1. The van der Waals surface area contributed by atoms with Crippen molar-refractivity contribution in [3.63, 3.8) is 0 Å². The van der Waals surface area contributed by atoms with E-state index in [-0.39, 0.29) is 11.7 Å².